The summed E-state index contributed by atoms with van der Waals surface area (Å²) in [5.74, 6) is -1.68. The van der Waals surface area contributed by atoms with E-state index in [1.807, 2.05) is 0 Å². The average Bonchev–Trinajstić information content (AvgIpc) is 2.73. The van der Waals surface area contributed by atoms with E-state index in [4.69, 9.17) is 14.9 Å². The molecule has 0 aromatic heterocycles. The molecule has 16 heavy (non-hydrogen) atoms. The van der Waals surface area contributed by atoms with Gasteiger partial charge in [-0.2, -0.15) is 0 Å². The Bertz CT molecular complexity index is 271. The fraction of sp³-hybridized carbons (Fsp3) is 0.778. The van der Waals surface area contributed by atoms with Gasteiger partial charge in [-0.1, -0.05) is 0 Å². The Morgan fingerprint density at radius 1 is 1.62 bits per heavy atom. The van der Waals surface area contributed by atoms with Crippen LogP contribution in [0.15, 0.2) is 0 Å². The third-order valence-corrected chi connectivity index (χ3v) is 2.54. The molecule has 0 spiro atoms. The van der Waals surface area contributed by atoms with E-state index < -0.39 is 30.6 Å². The molecule has 1 fully saturated rings. The van der Waals surface area contributed by atoms with E-state index in [1.165, 1.54) is 0 Å². The average molecular weight is 232 g/mol. The van der Waals surface area contributed by atoms with E-state index in [0.717, 1.165) is 0 Å². The lowest BCUT2D eigenvalue weighted by Crippen LogP contribution is -2.49. The highest BCUT2D eigenvalue weighted by Gasteiger charge is 2.31. The number of aliphatic hydroxyl groups excluding tert-OH is 1. The number of carbonyl (C=O) groups excluding carboxylic acids is 1. The van der Waals surface area contributed by atoms with Crippen molar-refractivity contribution in [1.82, 2.24) is 10.6 Å². The lowest BCUT2D eigenvalue weighted by atomic mass is 10.2. The minimum absolute atomic E-state index is 0.0341. The maximum atomic E-state index is 11.6. The minimum Gasteiger partial charge on any atom is -0.480 e. The number of amides is 1. The van der Waals surface area contributed by atoms with Crippen LogP contribution in [0.2, 0.25) is 0 Å². The van der Waals surface area contributed by atoms with Crippen molar-refractivity contribution in [3.05, 3.63) is 0 Å². The largest absolute Gasteiger partial charge is 0.480 e. The molecule has 0 saturated carbocycles. The Hall–Kier alpha value is -1.18. The fourth-order valence-corrected chi connectivity index (χ4v) is 1.54. The zero-order valence-electron chi connectivity index (χ0n) is 8.97. The highest BCUT2D eigenvalue weighted by Crippen LogP contribution is 2.09. The first-order valence-corrected chi connectivity index (χ1v) is 4.98. The Balaban J connectivity index is 2.43. The third-order valence-electron chi connectivity index (χ3n) is 2.54. The van der Waals surface area contributed by atoms with Crippen LogP contribution >= 0.6 is 0 Å². The molecule has 1 rings (SSSR count). The zero-order chi connectivity index (χ0) is 12.1. The van der Waals surface area contributed by atoms with E-state index in [-0.39, 0.29) is 6.10 Å². The van der Waals surface area contributed by atoms with Crippen LogP contribution in [0.25, 0.3) is 0 Å². The number of aliphatic carboxylic acids is 1. The smallest absolute Gasteiger partial charge is 0.328 e. The summed E-state index contributed by atoms with van der Waals surface area (Å²) in [5, 5.41) is 22.5. The molecular formula is C9H16N2O5. The van der Waals surface area contributed by atoms with Crippen LogP contribution in [-0.4, -0.2) is 60.5 Å². The van der Waals surface area contributed by atoms with Gasteiger partial charge in [-0.15, -0.1) is 0 Å². The number of hydrogen-bond acceptors (Lipinski definition) is 5. The van der Waals surface area contributed by atoms with Crippen LogP contribution in [0.3, 0.4) is 0 Å². The number of carboxylic acids is 1. The van der Waals surface area contributed by atoms with Gasteiger partial charge < -0.3 is 25.6 Å². The van der Waals surface area contributed by atoms with Crippen LogP contribution in [-0.2, 0) is 14.3 Å². The van der Waals surface area contributed by atoms with E-state index in [0.29, 0.717) is 13.0 Å². The maximum absolute atomic E-state index is 11.6. The summed E-state index contributed by atoms with van der Waals surface area (Å²) in [4.78, 5) is 22.2. The van der Waals surface area contributed by atoms with E-state index in [9.17, 15) is 9.59 Å². The van der Waals surface area contributed by atoms with Crippen LogP contribution in [0.4, 0.5) is 0 Å². The quantitative estimate of drug-likeness (QED) is 0.433. The normalized spacial score (nSPS) is 26.4. The predicted octanol–water partition coefficient (Wildman–Crippen LogP) is -2.07. The van der Waals surface area contributed by atoms with Gasteiger partial charge >= 0.3 is 5.97 Å². The standard InChI is InChI=1S/C9H16N2O5/c1-16-5-2-6(10-3-5)8(13)11-7(4-12)9(14)15/h5-7,10,12H,2-4H2,1H3,(H,11,13)(H,14,15). The summed E-state index contributed by atoms with van der Waals surface area (Å²) in [6.07, 6.45) is 0.466. The molecule has 3 unspecified atom stereocenters. The molecule has 7 nitrogen and oxygen atoms in total. The number of aliphatic hydroxyl groups is 1. The Kier molecular flexibility index (Phi) is 4.66. The first kappa shape index (κ1) is 12.9. The lowest BCUT2D eigenvalue weighted by molar-refractivity contribution is -0.143. The lowest BCUT2D eigenvalue weighted by Gasteiger charge is -2.15. The molecule has 1 amide bonds. The van der Waals surface area contributed by atoms with Crippen molar-refractivity contribution in [3.63, 3.8) is 0 Å². The molecule has 0 aliphatic carbocycles. The minimum atomic E-state index is -1.25. The molecular weight excluding hydrogens is 216 g/mol. The zero-order valence-corrected chi connectivity index (χ0v) is 8.97. The summed E-state index contributed by atoms with van der Waals surface area (Å²) in [5.41, 5.74) is 0. The number of methoxy groups -OCH3 is 1. The monoisotopic (exact) mass is 232 g/mol. The van der Waals surface area contributed by atoms with Crippen LogP contribution in [0, 0.1) is 0 Å². The molecule has 1 heterocycles. The van der Waals surface area contributed by atoms with Gasteiger partial charge in [0.1, 0.15) is 6.04 Å². The fourth-order valence-electron chi connectivity index (χ4n) is 1.54. The van der Waals surface area contributed by atoms with E-state index in [2.05, 4.69) is 10.6 Å². The van der Waals surface area contributed by atoms with Crippen molar-refractivity contribution >= 4 is 11.9 Å². The van der Waals surface area contributed by atoms with Crippen molar-refractivity contribution in [3.8, 4) is 0 Å². The third kappa shape index (κ3) is 3.16. The second-order valence-corrected chi connectivity index (χ2v) is 3.64. The summed E-state index contributed by atoms with van der Waals surface area (Å²) in [7, 11) is 1.56. The molecule has 0 aromatic carbocycles. The number of carboxylic acid groups (broad SMARTS) is 1. The first-order chi connectivity index (χ1) is 7.58. The second kappa shape index (κ2) is 5.78. The van der Waals surface area contributed by atoms with Gasteiger partial charge in [0.25, 0.3) is 0 Å². The summed E-state index contributed by atoms with van der Waals surface area (Å²) < 4.78 is 5.06. The van der Waals surface area contributed by atoms with Crippen molar-refractivity contribution in [2.24, 2.45) is 0 Å². The first-order valence-electron chi connectivity index (χ1n) is 4.98. The molecule has 3 atom stereocenters. The molecule has 92 valence electrons. The van der Waals surface area contributed by atoms with E-state index >= 15 is 0 Å². The van der Waals surface area contributed by atoms with Crippen molar-refractivity contribution in [2.45, 2.75) is 24.6 Å². The Morgan fingerprint density at radius 3 is 2.75 bits per heavy atom. The molecule has 7 heteroatoms. The van der Waals surface area contributed by atoms with Crippen LogP contribution in [0.5, 0.6) is 0 Å². The summed E-state index contributed by atoms with van der Waals surface area (Å²) in [6, 6.07) is -1.71. The second-order valence-electron chi connectivity index (χ2n) is 3.64. The van der Waals surface area contributed by atoms with Gasteiger partial charge in [0.05, 0.1) is 18.8 Å². The predicted molar refractivity (Wildman–Crippen MR) is 53.9 cm³/mol. The van der Waals surface area contributed by atoms with Crippen LogP contribution < -0.4 is 10.6 Å². The molecule has 4 N–H and O–H groups in total. The number of ether oxygens (including phenoxy) is 1. The topological polar surface area (TPSA) is 108 Å². The summed E-state index contributed by atoms with van der Waals surface area (Å²) in [6.45, 7) is -0.0626. The molecule has 0 bridgehead atoms. The SMILES string of the molecule is COC1CNC(C(=O)NC(CO)C(=O)O)C1. The van der Waals surface area contributed by atoms with Gasteiger partial charge in [-0.3, -0.25) is 4.79 Å². The van der Waals surface area contributed by atoms with Crippen molar-refractivity contribution < 1.29 is 24.5 Å². The molecule has 0 radical (unpaired) electrons. The molecule has 1 saturated heterocycles. The van der Waals surface area contributed by atoms with Gasteiger partial charge in [-0.05, 0) is 6.42 Å². The van der Waals surface area contributed by atoms with Gasteiger partial charge in [0.15, 0.2) is 0 Å². The van der Waals surface area contributed by atoms with Gasteiger partial charge in [-0.25, -0.2) is 4.79 Å². The Labute approximate surface area is 92.8 Å². The number of hydrogen-bond donors (Lipinski definition) is 4. The number of carbonyl (C=O) groups is 2. The highest BCUT2D eigenvalue weighted by atomic mass is 16.5. The maximum Gasteiger partial charge on any atom is 0.328 e. The van der Waals surface area contributed by atoms with Gasteiger partial charge in [0, 0.05) is 13.7 Å². The van der Waals surface area contributed by atoms with Crippen molar-refractivity contribution in [1.29, 1.82) is 0 Å². The highest BCUT2D eigenvalue weighted by molar-refractivity contribution is 5.87. The summed E-state index contributed by atoms with van der Waals surface area (Å²) >= 11 is 0. The van der Waals surface area contributed by atoms with Crippen LogP contribution in [0.1, 0.15) is 6.42 Å². The Morgan fingerprint density at radius 2 is 2.31 bits per heavy atom. The molecule has 0 aromatic rings. The molecule has 1 aliphatic rings. The molecule has 1 aliphatic heterocycles. The number of rotatable bonds is 5. The number of nitrogens with one attached hydrogen (secondary N) is 2. The van der Waals surface area contributed by atoms with E-state index in [1.54, 1.807) is 7.11 Å². The van der Waals surface area contributed by atoms with Crippen molar-refractivity contribution in [2.75, 3.05) is 20.3 Å². The van der Waals surface area contributed by atoms with Gasteiger partial charge in [0.2, 0.25) is 5.91 Å².